The van der Waals surface area contributed by atoms with Gasteiger partial charge in [0.25, 0.3) is 0 Å². The van der Waals surface area contributed by atoms with Crippen molar-refractivity contribution < 1.29 is 9.47 Å². The normalized spacial score (nSPS) is 10.5. The first kappa shape index (κ1) is 13.4. The summed E-state index contributed by atoms with van der Waals surface area (Å²) in [6, 6.07) is 5.89. The molecular formula is C14H19N3O2. The SMILES string of the molecule is CNCc1cccc(OC)c1OCc1cncn1C. The second-order valence-corrected chi connectivity index (χ2v) is 4.26. The Hall–Kier alpha value is -2.01. The number of benzene rings is 1. The molecule has 0 fully saturated rings. The van der Waals surface area contributed by atoms with Gasteiger partial charge < -0.3 is 19.4 Å². The van der Waals surface area contributed by atoms with Crippen LogP contribution in [0.4, 0.5) is 0 Å². The van der Waals surface area contributed by atoms with E-state index in [4.69, 9.17) is 9.47 Å². The van der Waals surface area contributed by atoms with Crippen molar-refractivity contribution in [3.63, 3.8) is 0 Å². The third-order valence-electron chi connectivity index (χ3n) is 2.93. The number of aromatic nitrogens is 2. The minimum absolute atomic E-state index is 0.466. The fourth-order valence-corrected chi connectivity index (χ4v) is 1.89. The molecule has 5 heteroatoms. The van der Waals surface area contributed by atoms with Gasteiger partial charge in [-0.1, -0.05) is 12.1 Å². The van der Waals surface area contributed by atoms with Crippen LogP contribution in [0.15, 0.2) is 30.7 Å². The van der Waals surface area contributed by atoms with Gasteiger partial charge in [0.1, 0.15) is 6.61 Å². The molecule has 2 rings (SSSR count). The van der Waals surface area contributed by atoms with E-state index in [9.17, 15) is 0 Å². The molecule has 102 valence electrons. The minimum Gasteiger partial charge on any atom is -0.493 e. The zero-order chi connectivity index (χ0) is 13.7. The van der Waals surface area contributed by atoms with Crippen LogP contribution in [0.2, 0.25) is 0 Å². The highest BCUT2D eigenvalue weighted by molar-refractivity contribution is 5.46. The predicted octanol–water partition coefficient (Wildman–Crippen LogP) is 1.73. The molecule has 1 aromatic carbocycles. The summed E-state index contributed by atoms with van der Waals surface area (Å²) in [6.45, 7) is 1.20. The number of nitrogens with one attached hydrogen (secondary N) is 1. The number of para-hydroxylation sites is 1. The number of ether oxygens (including phenoxy) is 2. The molecule has 0 bridgehead atoms. The highest BCUT2D eigenvalue weighted by Crippen LogP contribution is 2.31. The van der Waals surface area contributed by atoms with Crippen LogP contribution in [0.25, 0.3) is 0 Å². The quantitative estimate of drug-likeness (QED) is 0.860. The van der Waals surface area contributed by atoms with E-state index in [1.807, 2.05) is 36.9 Å². The maximum absolute atomic E-state index is 5.91. The van der Waals surface area contributed by atoms with Gasteiger partial charge in [-0.2, -0.15) is 0 Å². The summed E-state index contributed by atoms with van der Waals surface area (Å²) in [4.78, 5) is 4.07. The molecule has 0 unspecified atom stereocenters. The van der Waals surface area contributed by atoms with Crippen LogP contribution in [0.5, 0.6) is 11.5 Å². The molecule has 2 aromatic rings. The molecule has 0 saturated heterocycles. The van der Waals surface area contributed by atoms with Crippen molar-refractivity contribution in [3.8, 4) is 11.5 Å². The van der Waals surface area contributed by atoms with E-state index in [-0.39, 0.29) is 0 Å². The van der Waals surface area contributed by atoms with Gasteiger partial charge in [-0.05, 0) is 13.1 Å². The Morgan fingerprint density at radius 3 is 2.84 bits per heavy atom. The lowest BCUT2D eigenvalue weighted by molar-refractivity contribution is 0.274. The molecule has 1 heterocycles. The van der Waals surface area contributed by atoms with Gasteiger partial charge in [-0.25, -0.2) is 4.98 Å². The van der Waals surface area contributed by atoms with Gasteiger partial charge in [-0.3, -0.25) is 0 Å². The predicted molar refractivity (Wildman–Crippen MR) is 73.3 cm³/mol. The van der Waals surface area contributed by atoms with Crippen LogP contribution in [0.3, 0.4) is 0 Å². The molecule has 19 heavy (non-hydrogen) atoms. The topological polar surface area (TPSA) is 48.3 Å². The number of hydrogen-bond acceptors (Lipinski definition) is 4. The van der Waals surface area contributed by atoms with Gasteiger partial charge in [0, 0.05) is 19.2 Å². The van der Waals surface area contributed by atoms with E-state index < -0.39 is 0 Å². The molecule has 5 nitrogen and oxygen atoms in total. The minimum atomic E-state index is 0.466. The highest BCUT2D eigenvalue weighted by Gasteiger charge is 2.11. The molecule has 0 atom stereocenters. The molecule has 0 radical (unpaired) electrons. The maximum atomic E-state index is 5.91. The molecule has 0 aliphatic carbocycles. The van der Waals surface area contributed by atoms with Crippen molar-refractivity contribution in [2.75, 3.05) is 14.2 Å². The maximum Gasteiger partial charge on any atom is 0.166 e. The lowest BCUT2D eigenvalue weighted by Crippen LogP contribution is -2.09. The lowest BCUT2D eigenvalue weighted by atomic mass is 10.2. The van der Waals surface area contributed by atoms with Crippen LogP contribution in [-0.2, 0) is 20.2 Å². The average molecular weight is 261 g/mol. The monoisotopic (exact) mass is 261 g/mol. The molecule has 1 N–H and O–H groups in total. The van der Waals surface area contributed by atoms with Crippen molar-refractivity contribution >= 4 is 0 Å². The number of aryl methyl sites for hydroxylation is 1. The van der Waals surface area contributed by atoms with Gasteiger partial charge in [0.05, 0.1) is 25.3 Å². The van der Waals surface area contributed by atoms with E-state index in [2.05, 4.69) is 10.3 Å². The Balaban J connectivity index is 2.20. The highest BCUT2D eigenvalue weighted by atomic mass is 16.5. The Bertz CT molecular complexity index is 537. The van der Waals surface area contributed by atoms with Crippen LogP contribution < -0.4 is 14.8 Å². The van der Waals surface area contributed by atoms with Crippen molar-refractivity contribution in [2.45, 2.75) is 13.2 Å². The second-order valence-electron chi connectivity index (χ2n) is 4.26. The second kappa shape index (κ2) is 6.24. The Morgan fingerprint density at radius 2 is 2.21 bits per heavy atom. The zero-order valence-corrected chi connectivity index (χ0v) is 11.5. The fraction of sp³-hybridized carbons (Fsp3) is 0.357. The Morgan fingerprint density at radius 1 is 1.37 bits per heavy atom. The third-order valence-corrected chi connectivity index (χ3v) is 2.93. The molecule has 0 amide bonds. The van der Waals surface area contributed by atoms with E-state index in [0.717, 1.165) is 29.3 Å². The van der Waals surface area contributed by atoms with Gasteiger partial charge in [0.15, 0.2) is 11.5 Å². The van der Waals surface area contributed by atoms with E-state index in [1.54, 1.807) is 19.6 Å². The van der Waals surface area contributed by atoms with Crippen molar-refractivity contribution in [1.82, 2.24) is 14.9 Å². The Labute approximate surface area is 113 Å². The summed E-state index contributed by atoms with van der Waals surface area (Å²) in [5.74, 6) is 1.52. The summed E-state index contributed by atoms with van der Waals surface area (Å²) in [6.07, 6.45) is 3.56. The first-order valence-corrected chi connectivity index (χ1v) is 6.14. The van der Waals surface area contributed by atoms with Gasteiger partial charge >= 0.3 is 0 Å². The Kier molecular flexibility index (Phi) is 4.41. The molecule has 0 spiro atoms. The summed E-state index contributed by atoms with van der Waals surface area (Å²) in [5.41, 5.74) is 2.09. The molecule has 0 aliphatic rings. The van der Waals surface area contributed by atoms with E-state index in [0.29, 0.717) is 6.61 Å². The first-order valence-electron chi connectivity index (χ1n) is 6.14. The smallest absolute Gasteiger partial charge is 0.166 e. The van der Waals surface area contributed by atoms with Crippen molar-refractivity contribution in [2.24, 2.45) is 7.05 Å². The summed E-state index contributed by atoms with van der Waals surface area (Å²) in [5, 5.41) is 3.13. The molecule has 1 aromatic heterocycles. The fourth-order valence-electron chi connectivity index (χ4n) is 1.89. The number of imidazole rings is 1. The number of rotatable bonds is 6. The standard InChI is InChI=1S/C14H19N3O2/c1-15-7-11-5-4-6-13(18-3)14(11)19-9-12-8-16-10-17(12)2/h4-6,8,10,15H,7,9H2,1-3H3. The third kappa shape index (κ3) is 3.06. The van der Waals surface area contributed by atoms with Crippen LogP contribution >= 0.6 is 0 Å². The van der Waals surface area contributed by atoms with Crippen molar-refractivity contribution in [1.29, 1.82) is 0 Å². The first-order chi connectivity index (χ1) is 9.26. The van der Waals surface area contributed by atoms with Crippen LogP contribution in [-0.4, -0.2) is 23.7 Å². The molecule has 0 saturated carbocycles. The molecular weight excluding hydrogens is 242 g/mol. The average Bonchev–Trinajstić information content (AvgIpc) is 2.83. The molecule has 0 aliphatic heterocycles. The van der Waals surface area contributed by atoms with Gasteiger partial charge in [0.2, 0.25) is 0 Å². The summed E-state index contributed by atoms with van der Waals surface area (Å²) < 4.78 is 13.2. The van der Waals surface area contributed by atoms with Crippen LogP contribution in [0.1, 0.15) is 11.3 Å². The van der Waals surface area contributed by atoms with Gasteiger partial charge in [-0.15, -0.1) is 0 Å². The van der Waals surface area contributed by atoms with E-state index >= 15 is 0 Å². The summed E-state index contributed by atoms with van der Waals surface area (Å²) in [7, 11) is 5.50. The summed E-state index contributed by atoms with van der Waals surface area (Å²) >= 11 is 0. The van der Waals surface area contributed by atoms with E-state index in [1.165, 1.54) is 0 Å². The number of hydrogen-bond donors (Lipinski definition) is 1. The van der Waals surface area contributed by atoms with Crippen LogP contribution in [0, 0.1) is 0 Å². The largest absolute Gasteiger partial charge is 0.493 e. The number of nitrogens with zero attached hydrogens (tertiary/aromatic N) is 2. The van der Waals surface area contributed by atoms with Crippen molar-refractivity contribution in [3.05, 3.63) is 42.0 Å². The zero-order valence-electron chi connectivity index (χ0n) is 11.5. The number of methoxy groups -OCH3 is 1. The lowest BCUT2D eigenvalue weighted by Gasteiger charge is -2.15.